The number of ether oxygens (including phenoxy) is 1. The number of carbonyl (C=O) groups excluding carboxylic acids is 1. The molecule has 0 N–H and O–H groups in total. The summed E-state index contributed by atoms with van der Waals surface area (Å²) in [5, 5.41) is 4.61. The van der Waals surface area contributed by atoms with Crippen LogP contribution in [0.4, 0.5) is 0 Å². The molecule has 0 atom stereocenters. The van der Waals surface area contributed by atoms with E-state index in [1.54, 1.807) is 37.4 Å². The standard InChI is InChI=1S/C24H20ClN3O3/c1-28(15-22-26-23(27-31-22)18-10-12-20(25)13-11-18)24(29)19-8-5-9-21(14-19)30-16-17-6-3-2-4-7-17/h2-14H,15-16H2,1H3. The molecule has 0 saturated heterocycles. The van der Waals surface area contributed by atoms with Crippen molar-refractivity contribution in [1.29, 1.82) is 0 Å². The maximum atomic E-state index is 12.9. The number of amides is 1. The summed E-state index contributed by atoms with van der Waals surface area (Å²) in [7, 11) is 1.69. The van der Waals surface area contributed by atoms with Gasteiger partial charge in [0.05, 0.1) is 6.54 Å². The molecule has 156 valence electrons. The van der Waals surface area contributed by atoms with Crippen LogP contribution in [0.25, 0.3) is 11.4 Å². The SMILES string of the molecule is CN(Cc1nc(-c2ccc(Cl)cc2)no1)C(=O)c1cccc(OCc2ccccc2)c1. The number of hydrogen-bond donors (Lipinski definition) is 0. The lowest BCUT2D eigenvalue weighted by atomic mass is 10.2. The van der Waals surface area contributed by atoms with Gasteiger partial charge in [-0.25, -0.2) is 0 Å². The van der Waals surface area contributed by atoms with E-state index in [9.17, 15) is 4.79 Å². The van der Waals surface area contributed by atoms with Crippen molar-refractivity contribution in [3.05, 3.63) is 101 Å². The van der Waals surface area contributed by atoms with Crippen LogP contribution in [0, 0.1) is 0 Å². The second-order valence-electron chi connectivity index (χ2n) is 6.98. The molecular weight excluding hydrogens is 414 g/mol. The summed E-state index contributed by atoms with van der Waals surface area (Å²) < 4.78 is 11.1. The lowest BCUT2D eigenvalue weighted by Crippen LogP contribution is -2.26. The van der Waals surface area contributed by atoms with E-state index in [-0.39, 0.29) is 12.5 Å². The molecule has 31 heavy (non-hydrogen) atoms. The summed E-state index contributed by atoms with van der Waals surface area (Å²) >= 11 is 5.91. The van der Waals surface area contributed by atoms with Crippen LogP contribution in [0.2, 0.25) is 5.02 Å². The van der Waals surface area contributed by atoms with Gasteiger partial charge in [-0.05, 0) is 48.0 Å². The third-order valence-corrected chi connectivity index (χ3v) is 4.87. The maximum absolute atomic E-state index is 12.9. The van der Waals surface area contributed by atoms with Gasteiger partial charge in [0, 0.05) is 23.2 Å². The minimum absolute atomic E-state index is 0.170. The lowest BCUT2D eigenvalue weighted by molar-refractivity contribution is 0.0769. The number of rotatable bonds is 7. The van der Waals surface area contributed by atoms with Gasteiger partial charge in [0.15, 0.2) is 0 Å². The fourth-order valence-corrected chi connectivity index (χ4v) is 3.12. The number of benzene rings is 3. The van der Waals surface area contributed by atoms with Gasteiger partial charge in [0.25, 0.3) is 5.91 Å². The topological polar surface area (TPSA) is 68.5 Å². The van der Waals surface area contributed by atoms with Crippen LogP contribution in [0.15, 0.2) is 83.4 Å². The Bertz CT molecular complexity index is 1160. The average Bonchev–Trinajstić information content (AvgIpc) is 3.27. The largest absolute Gasteiger partial charge is 0.489 e. The molecule has 4 rings (SSSR count). The third-order valence-electron chi connectivity index (χ3n) is 4.62. The first kappa shape index (κ1) is 20.6. The van der Waals surface area contributed by atoms with Crippen LogP contribution in [-0.2, 0) is 13.2 Å². The Hall–Kier alpha value is -3.64. The number of hydrogen-bond acceptors (Lipinski definition) is 5. The highest BCUT2D eigenvalue weighted by Gasteiger charge is 2.17. The van der Waals surface area contributed by atoms with Gasteiger partial charge < -0.3 is 14.2 Å². The van der Waals surface area contributed by atoms with Gasteiger partial charge in [0.2, 0.25) is 11.7 Å². The van der Waals surface area contributed by atoms with Gasteiger partial charge in [-0.3, -0.25) is 4.79 Å². The third kappa shape index (κ3) is 5.29. The van der Waals surface area contributed by atoms with Crippen molar-refractivity contribution in [2.45, 2.75) is 13.2 Å². The van der Waals surface area contributed by atoms with Gasteiger partial charge in [-0.15, -0.1) is 0 Å². The highest BCUT2D eigenvalue weighted by Crippen LogP contribution is 2.20. The van der Waals surface area contributed by atoms with Crippen molar-refractivity contribution in [2.24, 2.45) is 0 Å². The van der Waals surface area contributed by atoms with Crippen molar-refractivity contribution < 1.29 is 14.1 Å². The normalized spacial score (nSPS) is 10.6. The predicted molar refractivity (Wildman–Crippen MR) is 118 cm³/mol. The minimum atomic E-state index is -0.170. The average molecular weight is 434 g/mol. The van der Waals surface area contributed by atoms with E-state index in [4.69, 9.17) is 20.9 Å². The summed E-state index contributed by atoms with van der Waals surface area (Å²) in [6.07, 6.45) is 0. The van der Waals surface area contributed by atoms with Gasteiger partial charge in [-0.1, -0.05) is 53.2 Å². The van der Waals surface area contributed by atoms with Crippen LogP contribution < -0.4 is 4.74 Å². The van der Waals surface area contributed by atoms with E-state index in [2.05, 4.69) is 10.1 Å². The van der Waals surface area contributed by atoms with Gasteiger partial charge in [-0.2, -0.15) is 4.98 Å². The first-order valence-corrected chi connectivity index (χ1v) is 10.1. The highest BCUT2D eigenvalue weighted by atomic mass is 35.5. The monoisotopic (exact) mass is 433 g/mol. The number of carbonyl (C=O) groups is 1. The minimum Gasteiger partial charge on any atom is -0.489 e. The summed E-state index contributed by atoms with van der Waals surface area (Å²) in [6, 6.07) is 24.1. The zero-order chi connectivity index (χ0) is 21.6. The lowest BCUT2D eigenvalue weighted by Gasteiger charge is -2.15. The van der Waals surface area contributed by atoms with Crippen molar-refractivity contribution >= 4 is 17.5 Å². The van der Waals surface area contributed by atoms with Gasteiger partial charge >= 0.3 is 0 Å². The first-order valence-electron chi connectivity index (χ1n) is 9.69. The number of nitrogens with zero attached hydrogens (tertiary/aromatic N) is 3. The van der Waals surface area contributed by atoms with E-state index in [1.165, 1.54) is 4.90 Å². The van der Waals surface area contributed by atoms with Crippen LogP contribution in [0.5, 0.6) is 5.75 Å². The molecule has 0 aliphatic rings. The molecule has 7 heteroatoms. The molecule has 3 aromatic carbocycles. The fraction of sp³-hybridized carbons (Fsp3) is 0.125. The van der Waals surface area contributed by atoms with Crippen molar-refractivity contribution in [1.82, 2.24) is 15.0 Å². The van der Waals surface area contributed by atoms with E-state index in [0.717, 1.165) is 11.1 Å². The second kappa shape index (κ2) is 9.45. The Morgan fingerprint density at radius 1 is 1.03 bits per heavy atom. The van der Waals surface area contributed by atoms with E-state index in [1.807, 2.05) is 48.5 Å². The fourth-order valence-electron chi connectivity index (χ4n) is 2.99. The zero-order valence-corrected chi connectivity index (χ0v) is 17.6. The van der Waals surface area contributed by atoms with E-state index < -0.39 is 0 Å². The Kier molecular flexibility index (Phi) is 6.29. The Labute approximate surface area is 185 Å². The van der Waals surface area contributed by atoms with Crippen molar-refractivity contribution in [2.75, 3.05) is 7.05 Å². The van der Waals surface area contributed by atoms with E-state index >= 15 is 0 Å². The van der Waals surface area contributed by atoms with Crippen molar-refractivity contribution in [3.8, 4) is 17.1 Å². The molecule has 6 nitrogen and oxygen atoms in total. The first-order chi connectivity index (χ1) is 15.1. The molecule has 1 heterocycles. The summed E-state index contributed by atoms with van der Waals surface area (Å²) in [6.45, 7) is 0.623. The van der Waals surface area contributed by atoms with Crippen LogP contribution in [-0.4, -0.2) is 28.0 Å². The Morgan fingerprint density at radius 3 is 2.58 bits per heavy atom. The smallest absolute Gasteiger partial charge is 0.254 e. The number of halogens is 1. The molecule has 1 amide bonds. The molecule has 0 spiro atoms. The summed E-state index contributed by atoms with van der Waals surface area (Å²) in [4.78, 5) is 18.7. The molecule has 0 aliphatic heterocycles. The molecule has 0 radical (unpaired) electrons. The molecule has 0 unspecified atom stereocenters. The summed E-state index contributed by atoms with van der Waals surface area (Å²) in [5.41, 5.74) is 2.37. The molecule has 0 aliphatic carbocycles. The van der Waals surface area contributed by atoms with E-state index in [0.29, 0.717) is 34.7 Å². The molecule has 0 bridgehead atoms. The molecular formula is C24H20ClN3O3. The highest BCUT2D eigenvalue weighted by molar-refractivity contribution is 6.30. The molecule has 0 saturated carbocycles. The zero-order valence-electron chi connectivity index (χ0n) is 16.9. The molecule has 1 aromatic heterocycles. The second-order valence-corrected chi connectivity index (χ2v) is 7.42. The van der Waals surface area contributed by atoms with Crippen LogP contribution >= 0.6 is 11.6 Å². The van der Waals surface area contributed by atoms with Crippen molar-refractivity contribution in [3.63, 3.8) is 0 Å². The Balaban J connectivity index is 1.39. The quantitative estimate of drug-likeness (QED) is 0.398. The van der Waals surface area contributed by atoms with Gasteiger partial charge in [0.1, 0.15) is 12.4 Å². The number of aromatic nitrogens is 2. The Morgan fingerprint density at radius 2 is 1.81 bits per heavy atom. The summed E-state index contributed by atoms with van der Waals surface area (Å²) in [5.74, 6) is 1.25. The predicted octanol–water partition coefficient (Wildman–Crippen LogP) is 5.24. The van der Waals surface area contributed by atoms with Crippen LogP contribution in [0.1, 0.15) is 21.8 Å². The molecule has 4 aromatic rings. The maximum Gasteiger partial charge on any atom is 0.254 e. The molecule has 0 fully saturated rings. The van der Waals surface area contributed by atoms with Crippen LogP contribution in [0.3, 0.4) is 0 Å².